The van der Waals surface area contributed by atoms with Crippen LogP contribution in [0.5, 0.6) is 11.5 Å². The number of nitrogens with one attached hydrogen (secondary N) is 3. The van der Waals surface area contributed by atoms with Gasteiger partial charge in [0.2, 0.25) is 0 Å². The number of hydrogen-bond acceptors (Lipinski definition) is 13. The molecule has 0 spiro atoms. The summed E-state index contributed by atoms with van der Waals surface area (Å²) in [5.41, 5.74) is 3.93. The van der Waals surface area contributed by atoms with Gasteiger partial charge in [-0.05, 0) is 99.7 Å². The fourth-order valence-corrected chi connectivity index (χ4v) is 9.16. The lowest BCUT2D eigenvalue weighted by atomic mass is 9.92. The van der Waals surface area contributed by atoms with Crippen LogP contribution < -0.4 is 19.7 Å². The molecule has 4 heterocycles. The van der Waals surface area contributed by atoms with Crippen molar-refractivity contribution in [3.63, 3.8) is 0 Å². The zero-order valence-electron chi connectivity index (χ0n) is 38.5. The summed E-state index contributed by atoms with van der Waals surface area (Å²) < 4.78 is 47.2. The zero-order valence-corrected chi connectivity index (χ0v) is 40.1. The van der Waals surface area contributed by atoms with E-state index >= 15 is 0 Å². The first-order valence-electron chi connectivity index (χ1n) is 22.2. The number of ether oxygens (including phenoxy) is 3. The van der Waals surface area contributed by atoms with E-state index in [1.165, 1.54) is 39.9 Å². The molecule has 356 valence electrons. The van der Waals surface area contributed by atoms with E-state index in [1.807, 2.05) is 18.2 Å². The van der Waals surface area contributed by atoms with Crippen LogP contribution in [0.15, 0.2) is 95.7 Å². The summed E-state index contributed by atoms with van der Waals surface area (Å²) in [5.74, 6) is -0.117. The molecule has 0 radical (unpaired) electrons. The molecule has 2 aliphatic heterocycles. The number of piperazine rings is 1. The lowest BCUT2D eigenvalue weighted by molar-refractivity contribution is -0.384. The number of halogens is 1. The van der Waals surface area contributed by atoms with Crippen molar-refractivity contribution in [1.29, 1.82) is 0 Å². The molecule has 2 amide bonds. The number of nitrogens with zero attached hydrogens (tertiary/aromatic N) is 5. The summed E-state index contributed by atoms with van der Waals surface area (Å²) in [6.07, 6.45) is 3.17. The van der Waals surface area contributed by atoms with E-state index in [0.29, 0.717) is 42.0 Å². The molecule has 19 heteroatoms. The van der Waals surface area contributed by atoms with Gasteiger partial charge in [-0.25, -0.2) is 22.9 Å². The molecule has 5 aromatic rings. The predicted octanol–water partition coefficient (Wildman–Crippen LogP) is 8.73. The minimum Gasteiger partial charge on any atom is -0.455 e. The number of carbonyl (C=O) groups excluding carboxylic acids is 2. The lowest BCUT2D eigenvalue weighted by Gasteiger charge is -2.37. The number of sulfonamides is 1. The van der Waals surface area contributed by atoms with Gasteiger partial charge < -0.3 is 34.3 Å². The molecule has 3 N–H and O–H groups in total. The van der Waals surface area contributed by atoms with Crippen molar-refractivity contribution < 1.29 is 37.1 Å². The number of pyridine rings is 1. The van der Waals surface area contributed by atoms with Crippen molar-refractivity contribution in [3.05, 3.63) is 117 Å². The molecule has 1 unspecified atom stereocenters. The highest BCUT2D eigenvalue weighted by Crippen LogP contribution is 2.34. The molecular weight excluding hydrogens is 900 g/mol. The van der Waals surface area contributed by atoms with Gasteiger partial charge in [-0.15, -0.1) is 0 Å². The SMILES string of the molecule is C/C(CN1CCN(c2ccc(C(=O)NS(=O)(=O)c3ccc(NCC4CN(C(=O)OC(C)(C)C)CCO4)c([N+](=O)[O-])c3)c(Oc3cnc4[nH]ccc4c3)c2)CC1)=C(\CC(C)C)c1ccc(Cl)cc1. The third kappa shape index (κ3) is 12.6. The Labute approximate surface area is 395 Å². The highest BCUT2D eigenvalue weighted by Gasteiger charge is 2.30. The molecule has 1 atom stereocenters. The second-order valence-electron chi connectivity index (χ2n) is 18.2. The van der Waals surface area contributed by atoms with Crippen LogP contribution in [0.4, 0.5) is 21.9 Å². The van der Waals surface area contributed by atoms with Gasteiger partial charge in [0, 0.05) is 80.2 Å². The first-order valence-corrected chi connectivity index (χ1v) is 24.0. The van der Waals surface area contributed by atoms with Crippen LogP contribution in [0.2, 0.25) is 5.02 Å². The molecular formula is C48H57ClN8O9S. The largest absolute Gasteiger partial charge is 0.455 e. The molecule has 2 aromatic heterocycles. The summed E-state index contributed by atoms with van der Waals surface area (Å²) in [4.78, 5) is 51.2. The van der Waals surface area contributed by atoms with Crippen molar-refractivity contribution in [2.75, 3.05) is 69.2 Å². The van der Waals surface area contributed by atoms with E-state index in [1.54, 1.807) is 45.2 Å². The minimum atomic E-state index is -4.65. The Kier molecular flexibility index (Phi) is 15.1. The normalized spacial score (nSPS) is 16.4. The van der Waals surface area contributed by atoms with Crippen LogP contribution in [0.25, 0.3) is 16.6 Å². The highest BCUT2D eigenvalue weighted by atomic mass is 35.5. The fourth-order valence-electron chi connectivity index (χ4n) is 8.05. The Morgan fingerprint density at radius 3 is 2.46 bits per heavy atom. The third-order valence-corrected chi connectivity index (χ3v) is 12.9. The predicted molar refractivity (Wildman–Crippen MR) is 259 cm³/mol. The van der Waals surface area contributed by atoms with Crippen molar-refractivity contribution in [1.82, 2.24) is 24.5 Å². The van der Waals surface area contributed by atoms with E-state index in [2.05, 4.69) is 62.7 Å². The lowest BCUT2D eigenvalue weighted by Crippen LogP contribution is -2.49. The number of fused-ring (bicyclic) bond motifs is 1. The molecule has 67 heavy (non-hydrogen) atoms. The maximum Gasteiger partial charge on any atom is 0.410 e. The molecule has 3 aromatic carbocycles. The van der Waals surface area contributed by atoms with E-state index in [0.717, 1.165) is 49.3 Å². The molecule has 0 saturated carbocycles. The summed E-state index contributed by atoms with van der Waals surface area (Å²) >= 11 is 6.21. The average Bonchev–Trinajstić information content (AvgIpc) is 3.75. The van der Waals surface area contributed by atoms with Gasteiger partial charge >= 0.3 is 6.09 Å². The van der Waals surface area contributed by atoms with E-state index < -0.39 is 49.2 Å². The van der Waals surface area contributed by atoms with E-state index in [9.17, 15) is 28.1 Å². The van der Waals surface area contributed by atoms with Crippen LogP contribution in [-0.2, 0) is 19.5 Å². The summed E-state index contributed by atoms with van der Waals surface area (Å²) in [6.45, 7) is 16.5. The second-order valence-corrected chi connectivity index (χ2v) is 20.3. The quantitative estimate of drug-likeness (QED) is 0.0665. The van der Waals surface area contributed by atoms with Crippen molar-refractivity contribution in [2.24, 2.45) is 5.92 Å². The van der Waals surface area contributed by atoms with E-state index in [-0.39, 0.29) is 36.7 Å². The number of benzene rings is 3. The Morgan fingerprint density at radius 1 is 1.01 bits per heavy atom. The number of rotatable bonds is 15. The number of carbonyl (C=O) groups is 2. The smallest absolute Gasteiger partial charge is 0.410 e. The van der Waals surface area contributed by atoms with Crippen LogP contribution in [0.1, 0.15) is 63.9 Å². The molecule has 17 nitrogen and oxygen atoms in total. The number of amides is 2. The Morgan fingerprint density at radius 2 is 1.76 bits per heavy atom. The molecule has 0 aliphatic carbocycles. The maximum atomic E-state index is 14.0. The van der Waals surface area contributed by atoms with Crippen LogP contribution in [0.3, 0.4) is 0 Å². The monoisotopic (exact) mass is 956 g/mol. The molecule has 2 aliphatic rings. The summed E-state index contributed by atoms with van der Waals surface area (Å²) in [5, 5.41) is 16.7. The number of nitro groups is 1. The number of H-pyrrole nitrogens is 1. The van der Waals surface area contributed by atoms with Crippen molar-refractivity contribution in [2.45, 2.75) is 64.6 Å². The molecule has 7 rings (SSSR count). The van der Waals surface area contributed by atoms with Crippen LogP contribution in [0, 0.1) is 16.0 Å². The van der Waals surface area contributed by atoms with Gasteiger partial charge in [-0.2, -0.15) is 0 Å². The standard InChI is InChI=1S/C48H57ClN8O9S/c1-31(2)23-41(33-7-9-35(49)10-8-33)32(3)29-54-17-19-55(20-18-54)36-11-13-40(44(25-36)65-37-24-34-15-16-50-45(34)52-27-37)46(58)53-67(62,63)39-12-14-42(43(26-39)57(60)61)51-28-38-30-56(21-22-64-38)47(59)66-48(4,5)6/h7-16,24-27,31,38,51H,17-23,28-30H2,1-6H3,(H,50,52)(H,53,58)/b41-32-. The van der Waals surface area contributed by atoms with Gasteiger partial charge in [-0.3, -0.25) is 19.8 Å². The Balaban J connectivity index is 1.06. The topological polar surface area (TPSA) is 202 Å². The van der Waals surface area contributed by atoms with Gasteiger partial charge in [0.25, 0.3) is 21.6 Å². The number of morpholine rings is 1. The van der Waals surface area contributed by atoms with Crippen molar-refractivity contribution in [3.8, 4) is 11.5 Å². The number of hydrogen-bond donors (Lipinski definition) is 3. The first kappa shape index (κ1) is 48.7. The van der Waals surface area contributed by atoms with E-state index in [4.69, 9.17) is 25.8 Å². The van der Waals surface area contributed by atoms with Gasteiger partial charge in [-0.1, -0.05) is 43.2 Å². The molecule has 2 fully saturated rings. The number of nitro benzene ring substituents is 1. The van der Waals surface area contributed by atoms with Gasteiger partial charge in [0.15, 0.2) is 0 Å². The maximum absolute atomic E-state index is 14.0. The molecule has 0 bridgehead atoms. The highest BCUT2D eigenvalue weighted by molar-refractivity contribution is 7.90. The number of aromatic nitrogens is 2. The third-order valence-electron chi connectivity index (χ3n) is 11.3. The Bertz CT molecular complexity index is 2750. The minimum absolute atomic E-state index is 0.0220. The summed E-state index contributed by atoms with van der Waals surface area (Å²) in [6, 6.07) is 19.8. The van der Waals surface area contributed by atoms with Crippen LogP contribution >= 0.6 is 11.6 Å². The fraction of sp³-hybridized carbons (Fsp3) is 0.396. The molecule has 2 saturated heterocycles. The number of allylic oxidation sites excluding steroid dienone is 1. The van der Waals surface area contributed by atoms with Gasteiger partial charge in [0.05, 0.1) is 40.8 Å². The van der Waals surface area contributed by atoms with Crippen LogP contribution in [-0.4, -0.2) is 116 Å². The summed E-state index contributed by atoms with van der Waals surface area (Å²) in [7, 11) is -4.65. The first-order chi connectivity index (χ1) is 31.8. The average molecular weight is 958 g/mol. The second kappa shape index (κ2) is 20.8. The number of aromatic amines is 1. The number of anilines is 2. The zero-order chi connectivity index (χ0) is 48.0. The Hall–Kier alpha value is -6.21. The van der Waals surface area contributed by atoms with Gasteiger partial charge in [0.1, 0.15) is 28.4 Å². The van der Waals surface area contributed by atoms with Crippen molar-refractivity contribution >= 4 is 67.3 Å².